The molecule has 0 aromatic heterocycles. The van der Waals surface area contributed by atoms with E-state index in [0.29, 0.717) is 5.41 Å². The molecule has 5 nitrogen and oxygen atoms in total. The summed E-state index contributed by atoms with van der Waals surface area (Å²) >= 11 is 0. The molecule has 0 unspecified atom stereocenters. The molecule has 0 atom stereocenters. The maximum atomic E-state index is 10.3. The van der Waals surface area contributed by atoms with Gasteiger partial charge >= 0.3 is 0 Å². The Morgan fingerprint density at radius 2 is 2.11 bits per heavy atom. The van der Waals surface area contributed by atoms with Crippen molar-refractivity contribution in [1.29, 1.82) is 0 Å². The minimum Gasteiger partial charge on any atom is -0.271 e. The highest BCUT2D eigenvalue weighted by molar-refractivity contribution is 7.92. The SMILES string of the molecule is O=C1C=CS(=O)(=O)N1O. The fourth-order valence-electron chi connectivity index (χ4n) is 0.391. The van der Waals surface area contributed by atoms with Crippen LogP contribution in [0.5, 0.6) is 0 Å². The van der Waals surface area contributed by atoms with Gasteiger partial charge in [0.15, 0.2) is 0 Å². The Bertz CT molecular complexity index is 264. The van der Waals surface area contributed by atoms with Crippen LogP contribution < -0.4 is 0 Å². The van der Waals surface area contributed by atoms with E-state index in [-0.39, 0.29) is 4.47 Å². The highest BCUT2D eigenvalue weighted by Gasteiger charge is 2.27. The number of hydrogen-bond acceptors (Lipinski definition) is 4. The van der Waals surface area contributed by atoms with E-state index in [1.54, 1.807) is 0 Å². The Hall–Kier alpha value is -0.880. The maximum absolute atomic E-state index is 10.3. The molecule has 0 saturated carbocycles. The third-order valence-electron chi connectivity index (χ3n) is 0.812. The van der Waals surface area contributed by atoms with E-state index >= 15 is 0 Å². The third kappa shape index (κ3) is 0.816. The number of hydroxylamine groups is 1. The van der Waals surface area contributed by atoms with Gasteiger partial charge in [0.2, 0.25) is 0 Å². The molecular weight excluding hydrogens is 146 g/mol. The summed E-state index contributed by atoms with van der Waals surface area (Å²) in [5.74, 6) is -0.935. The average molecular weight is 149 g/mol. The van der Waals surface area contributed by atoms with Gasteiger partial charge in [-0.15, -0.1) is 4.47 Å². The molecule has 1 rings (SSSR count). The van der Waals surface area contributed by atoms with Gasteiger partial charge in [-0.3, -0.25) is 10.0 Å². The summed E-state index contributed by atoms with van der Waals surface area (Å²) in [5.41, 5.74) is 0. The second-order valence-corrected chi connectivity index (χ2v) is 3.08. The fraction of sp³-hybridized carbons (Fsp3) is 0. The Kier molecular flexibility index (Phi) is 1.07. The third-order valence-corrected chi connectivity index (χ3v) is 1.95. The smallest absolute Gasteiger partial charge is 0.271 e. The maximum Gasteiger partial charge on any atom is 0.285 e. The van der Waals surface area contributed by atoms with E-state index in [1.807, 2.05) is 0 Å². The first-order valence-electron chi connectivity index (χ1n) is 2.00. The molecule has 6 heteroatoms. The largest absolute Gasteiger partial charge is 0.285 e. The monoisotopic (exact) mass is 149 g/mol. The lowest BCUT2D eigenvalue weighted by Gasteiger charge is -2.01. The van der Waals surface area contributed by atoms with Crippen molar-refractivity contribution in [1.82, 2.24) is 4.47 Å². The lowest BCUT2D eigenvalue weighted by atomic mass is 10.6. The molecule has 0 aromatic carbocycles. The summed E-state index contributed by atoms with van der Waals surface area (Å²) in [4.78, 5) is 10.2. The van der Waals surface area contributed by atoms with E-state index in [0.717, 1.165) is 6.08 Å². The zero-order valence-electron chi connectivity index (χ0n) is 4.18. The van der Waals surface area contributed by atoms with Crippen LogP contribution in [0, 0.1) is 0 Å². The quantitative estimate of drug-likeness (QED) is 0.451. The van der Waals surface area contributed by atoms with Crippen molar-refractivity contribution in [3.63, 3.8) is 0 Å². The lowest BCUT2D eigenvalue weighted by Crippen LogP contribution is -2.25. The van der Waals surface area contributed by atoms with Gasteiger partial charge in [-0.1, -0.05) is 0 Å². The lowest BCUT2D eigenvalue weighted by molar-refractivity contribution is -0.139. The predicted molar refractivity (Wildman–Crippen MR) is 26.7 cm³/mol. The molecule has 0 spiro atoms. The van der Waals surface area contributed by atoms with Crippen molar-refractivity contribution in [2.24, 2.45) is 0 Å². The Labute approximate surface area is 51.2 Å². The first kappa shape index (κ1) is 6.24. The highest BCUT2D eigenvalue weighted by Crippen LogP contribution is 2.07. The van der Waals surface area contributed by atoms with E-state index in [9.17, 15) is 13.2 Å². The van der Waals surface area contributed by atoms with Crippen LogP contribution in [0.4, 0.5) is 0 Å². The summed E-state index contributed by atoms with van der Waals surface area (Å²) in [6.07, 6.45) is 0.773. The van der Waals surface area contributed by atoms with E-state index in [2.05, 4.69) is 0 Å². The summed E-state index contributed by atoms with van der Waals surface area (Å²) in [6.45, 7) is 0. The minimum absolute atomic E-state index is 0.312. The Morgan fingerprint density at radius 1 is 1.56 bits per heavy atom. The summed E-state index contributed by atoms with van der Waals surface area (Å²) in [5, 5.41) is 8.99. The normalized spacial score (nSPS) is 23.2. The van der Waals surface area contributed by atoms with Crippen LogP contribution in [-0.4, -0.2) is 24.0 Å². The fourth-order valence-corrected chi connectivity index (χ4v) is 1.11. The first-order chi connectivity index (χ1) is 4.04. The van der Waals surface area contributed by atoms with Gasteiger partial charge in [0, 0.05) is 6.08 Å². The first-order valence-corrected chi connectivity index (χ1v) is 3.50. The molecule has 0 saturated heterocycles. The zero-order chi connectivity index (χ0) is 7.07. The Balaban J connectivity index is 3.15. The van der Waals surface area contributed by atoms with E-state index in [4.69, 9.17) is 5.21 Å². The van der Waals surface area contributed by atoms with Gasteiger partial charge in [0.25, 0.3) is 15.9 Å². The number of nitrogens with zero attached hydrogens (tertiary/aromatic N) is 1. The average Bonchev–Trinajstić information content (AvgIpc) is 1.97. The van der Waals surface area contributed by atoms with Crippen molar-refractivity contribution in [2.75, 3.05) is 0 Å². The van der Waals surface area contributed by atoms with Gasteiger partial charge in [-0.25, -0.2) is 0 Å². The molecule has 0 bridgehead atoms. The second-order valence-electron chi connectivity index (χ2n) is 1.43. The molecule has 50 valence electrons. The van der Waals surface area contributed by atoms with Gasteiger partial charge < -0.3 is 0 Å². The van der Waals surface area contributed by atoms with Crippen molar-refractivity contribution < 1.29 is 18.4 Å². The van der Waals surface area contributed by atoms with Crippen molar-refractivity contribution in [3.05, 3.63) is 11.5 Å². The number of carbonyl (C=O) groups excluding carboxylic acids is 1. The van der Waals surface area contributed by atoms with E-state index < -0.39 is 15.9 Å². The molecule has 1 aliphatic heterocycles. The van der Waals surface area contributed by atoms with Gasteiger partial charge in [-0.05, 0) is 0 Å². The summed E-state index contributed by atoms with van der Waals surface area (Å²) in [7, 11) is -3.82. The van der Waals surface area contributed by atoms with Crippen LogP contribution in [0.2, 0.25) is 0 Å². The molecule has 9 heavy (non-hydrogen) atoms. The zero-order valence-corrected chi connectivity index (χ0v) is 5.00. The van der Waals surface area contributed by atoms with Crippen LogP contribution in [-0.2, 0) is 14.8 Å². The summed E-state index contributed by atoms with van der Waals surface area (Å²) in [6, 6.07) is 0. The molecule has 1 N–H and O–H groups in total. The number of sulfonamides is 1. The van der Waals surface area contributed by atoms with Crippen LogP contribution >= 0.6 is 0 Å². The standard InChI is InChI=1S/C3H3NO4S/c5-3-1-2-9(7,8)4(3)6/h1-2,6H. The molecular formula is C3H3NO4S. The van der Waals surface area contributed by atoms with Crippen LogP contribution in [0.25, 0.3) is 0 Å². The van der Waals surface area contributed by atoms with Crippen LogP contribution in [0.1, 0.15) is 0 Å². The number of amides is 1. The van der Waals surface area contributed by atoms with Crippen molar-refractivity contribution >= 4 is 15.9 Å². The minimum atomic E-state index is -3.82. The topological polar surface area (TPSA) is 74.7 Å². The van der Waals surface area contributed by atoms with Gasteiger partial charge in [0.05, 0.1) is 5.41 Å². The van der Waals surface area contributed by atoms with E-state index in [1.165, 1.54) is 0 Å². The molecule has 1 aliphatic rings. The summed E-state index contributed by atoms with van der Waals surface area (Å²) < 4.78 is 20.4. The number of carbonyl (C=O) groups is 1. The second kappa shape index (κ2) is 1.55. The Morgan fingerprint density at radius 3 is 2.22 bits per heavy atom. The molecule has 0 fully saturated rings. The highest BCUT2D eigenvalue weighted by atomic mass is 32.2. The van der Waals surface area contributed by atoms with Crippen LogP contribution in [0.15, 0.2) is 11.5 Å². The van der Waals surface area contributed by atoms with Crippen molar-refractivity contribution in [2.45, 2.75) is 0 Å². The number of hydrogen-bond donors (Lipinski definition) is 1. The molecule has 0 aromatic rings. The molecule has 0 aliphatic carbocycles. The van der Waals surface area contributed by atoms with Crippen LogP contribution in [0.3, 0.4) is 0 Å². The van der Waals surface area contributed by atoms with Gasteiger partial charge in [-0.2, -0.15) is 8.42 Å². The number of rotatable bonds is 0. The molecule has 0 radical (unpaired) electrons. The predicted octanol–water partition coefficient (Wildman–Crippen LogP) is -0.939. The van der Waals surface area contributed by atoms with Gasteiger partial charge in [0.1, 0.15) is 0 Å². The molecule has 1 amide bonds. The van der Waals surface area contributed by atoms with Crippen molar-refractivity contribution in [3.8, 4) is 0 Å². The molecule has 1 heterocycles.